The van der Waals surface area contributed by atoms with Crippen LogP contribution in [-0.2, 0) is 4.79 Å². The molecule has 0 aliphatic rings. The number of hydrogen-bond acceptors (Lipinski definition) is 2. The molecule has 0 radical (unpaired) electrons. The number of benzene rings is 1. The lowest BCUT2D eigenvalue weighted by molar-refractivity contribution is -0.152. The molecule has 0 aromatic heterocycles. The average Bonchev–Trinajstić information content (AvgIpc) is 2.20. The fourth-order valence-corrected chi connectivity index (χ4v) is 1.27. The Morgan fingerprint density at radius 2 is 2.19 bits per heavy atom. The lowest BCUT2D eigenvalue weighted by Gasteiger charge is -2.22. The van der Waals surface area contributed by atoms with Crippen LogP contribution < -0.4 is 4.74 Å². The first-order valence-corrected chi connectivity index (χ1v) is 5.09. The highest BCUT2D eigenvalue weighted by Crippen LogP contribution is 2.27. The minimum absolute atomic E-state index is 0.451. The van der Waals surface area contributed by atoms with Gasteiger partial charge in [0.15, 0.2) is 5.60 Å². The number of ether oxygens (including phenoxy) is 1. The van der Waals surface area contributed by atoms with E-state index in [9.17, 15) is 4.79 Å². The summed E-state index contributed by atoms with van der Waals surface area (Å²) in [6.07, 6.45) is 1.57. The third-order valence-electron chi connectivity index (χ3n) is 2.07. The van der Waals surface area contributed by atoms with Crippen molar-refractivity contribution in [2.24, 2.45) is 0 Å². The van der Waals surface area contributed by atoms with Crippen LogP contribution in [0.25, 0.3) is 6.08 Å². The fourth-order valence-electron chi connectivity index (χ4n) is 1.09. The van der Waals surface area contributed by atoms with Gasteiger partial charge in [-0.15, -0.1) is 0 Å². The molecule has 0 saturated heterocycles. The largest absolute Gasteiger partial charge is 0.478 e. The van der Waals surface area contributed by atoms with Crippen molar-refractivity contribution in [2.45, 2.75) is 19.4 Å². The molecule has 0 spiro atoms. The molecule has 0 fully saturated rings. The molecule has 0 saturated carbocycles. The van der Waals surface area contributed by atoms with E-state index in [1.807, 2.05) is 0 Å². The first-order valence-electron chi connectivity index (χ1n) is 4.71. The predicted molar refractivity (Wildman–Crippen MR) is 63.9 cm³/mol. The van der Waals surface area contributed by atoms with Gasteiger partial charge >= 0.3 is 5.97 Å². The first-order chi connectivity index (χ1) is 7.36. The number of carboxylic acids is 1. The maximum Gasteiger partial charge on any atom is 0.347 e. The van der Waals surface area contributed by atoms with Gasteiger partial charge in [0.2, 0.25) is 0 Å². The van der Waals surface area contributed by atoms with Crippen LogP contribution in [0.5, 0.6) is 5.75 Å². The molecule has 1 aromatic rings. The normalized spacial score (nSPS) is 10.9. The molecule has 0 heterocycles. The summed E-state index contributed by atoms with van der Waals surface area (Å²) in [4.78, 5) is 10.9. The summed E-state index contributed by atoms with van der Waals surface area (Å²) in [6, 6.07) is 4.94. The van der Waals surface area contributed by atoms with Crippen LogP contribution in [0.2, 0.25) is 5.02 Å². The molecule has 4 heteroatoms. The molecule has 86 valence electrons. The second-order valence-corrected chi connectivity index (χ2v) is 4.24. The Kier molecular flexibility index (Phi) is 3.60. The number of halogens is 1. The summed E-state index contributed by atoms with van der Waals surface area (Å²) >= 11 is 5.81. The molecule has 0 aliphatic carbocycles. The van der Waals surface area contributed by atoms with Gasteiger partial charge in [-0.2, -0.15) is 0 Å². The Morgan fingerprint density at radius 3 is 2.69 bits per heavy atom. The second-order valence-electron chi connectivity index (χ2n) is 3.80. The standard InChI is InChI=1S/C12H13ClO3/c1-4-8-7-9(13)5-6-10(8)16-12(2,3)11(14)15/h4-7H,1H2,2-3H3,(H,14,15). The van der Waals surface area contributed by atoms with Crippen LogP contribution in [0, 0.1) is 0 Å². The van der Waals surface area contributed by atoms with E-state index in [2.05, 4.69) is 6.58 Å². The van der Waals surface area contributed by atoms with E-state index in [-0.39, 0.29) is 0 Å². The smallest absolute Gasteiger partial charge is 0.347 e. The summed E-state index contributed by atoms with van der Waals surface area (Å²) in [7, 11) is 0. The molecule has 1 N–H and O–H groups in total. The van der Waals surface area contributed by atoms with Crippen LogP contribution in [0.3, 0.4) is 0 Å². The minimum Gasteiger partial charge on any atom is -0.478 e. The van der Waals surface area contributed by atoms with Crippen molar-refractivity contribution in [1.29, 1.82) is 0 Å². The number of aliphatic carboxylic acids is 1. The summed E-state index contributed by atoms with van der Waals surface area (Å²) in [5, 5.41) is 9.50. The van der Waals surface area contributed by atoms with Crippen LogP contribution >= 0.6 is 11.6 Å². The van der Waals surface area contributed by atoms with Crippen molar-refractivity contribution in [2.75, 3.05) is 0 Å². The van der Waals surface area contributed by atoms with Crippen molar-refractivity contribution in [3.63, 3.8) is 0 Å². The average molecular weight is 241 g/mol. The van der Waals surface area contributed by atoms with Gasteiger partial charge in [0, 0.05) is 10.6 Å². The topological polar surface area (TPSA) is 46.5 Å². The monoisotopic (exact) mass is 240 g/mol. The van der Waals surface area contributed by atoms with E-state index in [1.165, 1.54) is 13.8 Å². The summed E-state index contributed by atoms with van der Waals surface area (Å²) < 4.78 is 5.41. The van der Waals surface area contributed by atoms with Crippen LogP contribution in [0.4, 0.5) is 0 Å². The second kappa shape index (κ2) is 4.58. The highest BCUT2D eigenvalue weighted by atomic mass is 35.5. The van der Waals surface area contributed by atoms with Gasteiger partial charge in [0.25, 0.3) is 0 Å². The highest BCUT2D eigenvalue weighted by molar-refractivity contribution is 6.30. The van der Waals surface area contributed by atoms with Gasteiger partial charge in [-0.3, -0.25) is 0 Å². The molecule has 3 nitrogen and oxygen atoms in total. The molecule has 0 unspecified atom stereocenters. The first kappa shape index (κ1) is 12.6. The summed E-state index contributed by atoms with van der Waals surface area (Å²) in [6.45, 7) is 6.59. The summed E-state index contributed by atoms with van der Waals surface area (Å²) in [5.41, 5.74) is -0.618. The van der Waals surface area contributed by atoms with Crippen molar-refractivity contribution in [3.05, 3.63) is 35.4 Å². The molecule has 0 atom stereocenters. The molecular formula is C12H13ClO3. The molecule has 0 aliphatic heterocycles. The molecule has 0 amide bonds. The Hall–Kier alpha value is -1.48. The van der Waals surface area contributed by atoms with E-state index in [0.717, 1.165) is 0 Å². The lowest BCUT2D eigenvalue weighted by atomic mass is 10.1. The number of carbonyl (C=O) groups is 1. The third kappa shape index (κ3) is 2.76. The molecule has 16 heavy (non-hydrogen) atoms. The van der Waals surface area contributed by atoms with Gasteiger partial charge < -0.3 is 9.84 Å². The number of carboxylic acid groups (broad SMARTS) is 1. The van der Waals surface area contributed by atoms with Crippen molar-refractivity contribution in [1.82, 2.24) is 0 Å². The Balaban J connectivity index is 3.06. The fraction of sp³-hybridized carbons (Fsp3) is 0.250. The highest BCUT2D eigenvalue weighted by Gasteiger charge is 2.29. The van der Waals surface area contributed by atoms with E-state index in [4.69, 9.17) is 21.4 Å². The van der Waals surface area contributed by atoms with Crippen molar-refractivity contribution in [3.8, 4) is 5.75 Å². The van der Waals surface area contributed by atoms with Gasteiger partial charge in [0.05, 0.1) is 0 Å². The zero-order valence-electron chi connectivity index (χ0n) is 9.16. The van der Waals surface area contributed by atoms with Crippen LogP contribution in [-0.4, -0.2) is 16.7 Å². The maximum absolute atomic E-state index is 10.9. The molecule has 1 aromatic carbocycles. The van der Waals surface area contributed by atoms with Gasteiger partial charge in [-0.1, -0.05) is 24.3 Å². The van der Waals surface area contributed by atoms with E-state index < -0.39 is 11.6 Å². The van der Waals surface area contributed by atoms with Crippen LogP contribution in [0.1, 0.15) is 19.4 Å². The molecule has 0 bridgehead atoms. The Labute approximate surface area is 99.3 Å². The van der Waals surface area contributed by atoms with Gasteiger partial charge in [-0.25, -0.2) is 4.79 Å². The Morgan fingerprint density at radius 1 is 1.56 bits per heavy atom. The van der Waals surface area contributed by atoms with E-state index in [1.54, 1.807) is 24.3 Å². The van der Waals surface area contributed by atoms with Crippen molar-refractivity contribution >= 4 is 23.6 Å². The maximum atomic E-state index is 10.9. The number of hydrogen-bond donors (Lipinski definition) is 1. The zero-order valence-corrected chi connectivity index (χ0v) is 9.91. The zero-order chi connectivity index (χ0) is 12.3. The molecule has 1 rings (SSSR count). The van der Waals surface area contributed by atoms with Crippen LogP contribution in [0.15, 0.2) is 24.8 Å². The van der Waals surface area contributed by atoms with E-state index >= 15 is 0 Å². The SMILES string of the molecule is C=Cc1cc(Cl)ccc1OC(C)(C)C(=O)O. The minimum atomic E-state index is -1.29. The quantitative estimate of drug-likeness (QED) is 0.879. The summed E-state index contributed by atoms with van der Waals surface area (Å²) in [5.74, 6) is -0.579. The predicted octanol–water partition coefficient (Wildman–Crippen LogP) is 3.23. The van der Waals surface area contributed by atoms with E-state index in [0.29, 0.717) is 16.3 Å². The molecular weight excluding hydrogens is 228 g/mol. The number of rotatable bonds is 4. The lowest BCUT2D eigenvalue weighted by Crippen LogP contribution is -2.38. The van der Waals surface area contributed by atoms with Crippen molar-refractivity contribution < 1.29 is 14.6 Å². The van der Waals surface area contributed by atoms with Gasteiger partial charge in [-0.05, 0) is 32.0 Å². The van der Waals surface area contributed by atoms with Gasteiger partial charge in [0.1, 0.15) is 5.75 Å². The third-order valence-corrected chi connectivity index (χ3v) is 2.31. The Bertz CT molecular complexity index is 424.